The second-order valence-corrected chi connectivity index (χ2v) is 4.17. The molecule has 1 aromatic carbocycles. The molecule has 0 atom stereocenters. The van der Waals surface area contributed by atoms with Gasteiger partial charge in [0.05, 0.1) is 24.8 Å². The first kappa shape index (κ1) is 11.9. The van der Waals surface area contributed by atoms with Crippen molar-refractivity contribution < 1.29 is 14.5 Å². The molecule has 5 N–H and O–H groups in total. The Morgan fingerprint density at radius 3 is 2.82 bits per heavy atom. The molecule has 1 aliphatic rings. The number of nitrogens with one attached hydrogen (secondary N) is 1. The van der Waals surface area contributed by atoms with Gasteiger partial charge in [0, 0.05) is 6.42 Å². The number of hydrogen-bond donors (Lipinski definition) is 3. The number of rotatable bonds is 2. The van der Waals surface area contributed by atoms with Crippen molar-refractivity contribution in [3.63, 3.8) is 0 Å². The number of fused-ring (bicyclic) bond motifs is 1. The Labute approximate surface area is 104 Å². The molecule has 0 spiro atoms. The highest BCUT2D eigenvalue weighted by Crippen LogP contribution is 2.37. The molecule has 5 nitrogen and oxygen atoms in total. The number of guanidine groups is 1. The van der Waals surface area contributed by atoms with E-state index in [1.165, 1.54) is 0 Å². The van der Waals surface area contributed by atoms with Crippen LogP contribution in [-0.4, -0.2) is 19.2 Å². The summed E-state index contributed by atoms with van der Waals surface area (Å²) in [5.41, 5.74) is 11.6. The first-order valence-electron chi connectivity index (χ1n) is 5.36. The fraction of sp³-hybridized carbons (Fsp3) is 0.364. The SMILES string of the molecule is NC(N)=[NH+]Cc1cc(Cl)c2c(c1)OCCCO2. The quantitative estimate of drug-likeness (QED) is 0.485. The van der Waals surface area contributed by atoms with Gasteiger partial charge in [-0.3, -0.25) is 16.5 Å². The largest absolute Gasteiger partial charge is 0.489 e. The molecule has 0 fully saturated rings. The summed E-state index contributed by atoms with van der Waals surface area (Å²) in [6.45, 7) is 1.75. The summed E-state index contributed by atoms with van der Waals surface area (Å²) in [7, 11) is 0. The molecule has 1 heterocycles. The molecule has 0 saturated carbocycles. The number of ether oxygens (including phenoxy) is 2. The van der Waals surface area contributed by atoms with Crippen LogP contribution in [0.2, 0.25) is 5.02 Å². The number of nitrogens with two attached hydrogens (primary N) is 2. The summed E-state index contributed by atoms with van der Waals surface area (Å²) in [5.74, 6) is 1.45. The summed E-state index contributed by atoms with van der Waals surface area (Å²) < 4.78 is 11.1. The minimum atomic E-state index is 0.174. The maximum atomic E-state index is 6.13. The molecule has 0 amide bonds. The molecular formula is C11H15ClN3O2+. The molecular weight excluding hydrogens is 242 g/mol. The zero-order valence-electron chi connectivity index (χ0n) is 9.33. The summed E-state index contributed by atoms with van der Waals surface area (Å²) >= 11 is 6.13. The Morgan fingerprint density at radius 2 is 2.06 bits per heavy atom. The lowest BCUT2D eigenvalue weighted by atomic mass is 10.2. The summed E-state index contributed by atoms with van der Waals surface area (Å²) in [5, 5.41) is 0.539. The van der Waals surface area contributed by atoms with E-state index in [9.17, 15) is 0 Å². The lowest BCUT2D eigenvalue weighted by Crippen LogP contribution is -2.76. The standard InChI is InChI=1S/C11H14ClN3O2/c12-8-4-7(6-15-11(13)14)5-9-10(8)17-3-1-2-16-9/h4-5H,1-3,6H2,(H4,13,14,15)/p+1. The van der Waals surface area contributed by atoms with Crippen molar-refractivity contribution >= 4 is 17.6 Å². The molecule has 0 radical (unpaired) electrons. The van der Waals surface area contributed by atoms with Gasteiger partial charge in [0.15, 0.2) is 11.5 Å². The maximum absolute atomic E-state index is 6.13. The van der Waals surface area contributed by atoms with Gasteiger partial charge in [-0.1, -0.05) is 11.6 Å². The summed E-state index contributed by atoms with van der Waals surface area (Å²) in [4.78, 5) is 2.83. The maximum Gasteiger partial charge on any atom is 0.339 e. The molecule has 92 valence electrons. The molecule has 17 heavy (non-hydrogen) atoms. The number of halogens is 1. The van der Waals surface area contributed by atoms with Crippen LogP contribution in [-0.2, 0) is 6.54 Å². The van der Waals surface area contributed by atoms with Crippen LogP contribution >= 0.6 is 11.6 Å². The van der Waals surface area contributed by atoms with Crippen LogP contribution in [0, 0.1) is 0 Å². The zero-order valence-corrected chi connectivity index (χ0v) is 10.1. The Bertz CT molecular complexity index is 445. The monoisotopic (exact) mass is 256 g/mol. The van der Waals surface area contributed by atoms with Crippen molar-refractivity contribution in [1.29, 1.82) is 0 Å². The predicted octanol–water partition coefficient (Wildman–Crippen LogP) is -0.645. The number of benzene rings is 1. The third-order valence-corrected chi connectivity index (χ3v) is 2.64. The van der Waals surface area contributed by atoms with Crippen molar-refractivity contribution in [3.05, 3.63) is 22.7 Å². The summed E-state index contributed by atoms with van der Waals surface area (Å²) in [6, 6.07) is 3.69. The van der Waals surface area contributed by atoms with Crippen LogP contribution < -0.4 is 25.9 Å². The van der Waals surface area contributed by atoms with Crippen molar-refractivity contribution in [2.45, 2.75) is 13.0 Å². The third-order valence-electron chi connectivity index (χ3n) is 2.36. The lowest BCUT2D eigenvalue weighted by Gasteiger charge is -2.10. The fourth-order valence-corrected chi connectivity index (χ4v) is 1.88. The molecule has 0 bridgehead atoms. The van der Waals surface area contributed by atoms with Crippen molar-refractivity contribution in [3.8, 4) is 11.5 Å². The van der Waals surface area contributed by atoms with Crippen LogP contribution in [0.3, 0.4) is 0 Å². The molecule has 0 aliphatic carbocycles. The molecule has 0 saturated heterocycles. The van der Waals surface area contributed by atoms with E-state index >= 15 is 0 Å². The molecule has 0 aromatic heterocycles. The van der Waals surface area contributed by atoms with Gasteiger partial charge in [-0.05, 0) is 17.7 Å². The Hall–Kier alpha value is -1.62. The average molecular weight is 257 g/mol. The van der Waals surface area contributed by atoms with E-state index in [0.717, 1.165) is 12.0 Å². The second-order valence-electron chi connectivity index (χ2n) is 3.76. The second kappa shape index (κ2) is 5.14. The van der Waals surface area contributed by atoms with E-state index in [0.29, 0.717) is 36.3 Å². The van der Waals surface area contributed by atoms with Gasteiger partial charge in [-0.2, -0.15) is 0 Å². The number of hydrogen-bond acceptors (Lipinski definition) is 2. The Balaban J connectivity index is 2.29. The first-order chi connectivity index (χ1) is 8.16. The minimum absolute atomic E-state index is 0.174. The van der Waals surface area contributed by atoms with Gasteiger partial charge in [-0.15, -0.1) is 0 Å². The topological polar surface area (TPSA) is 84.5 Å². The molecule has 0 unspecified atom stereocenters. The minimum Gasteiger partial charge on any atom is -0.489 e. The van der Waals surface area contributed by atoms with Crippen molar-refractivity contribution in [2.75, 3.05) is 13.2 Å². The zero-order chi connectivity index (χ0) is 12.3. The highest BCUT2D eigenvalue weighted by Gasteiger charge is 2.15. The van der Waals surface area contributed by atoms with Crippen molar-refractivity contribution in [1.82, 2.24) is 0 Å². The average Bonchev–Trinajstić information content (AvgIpc) is 2.51. The predicted molar refractivity (Wildman–Crippen MR) is 65.1 cm³/mol. The molecule has 1 aromatic rings. The normalized spacial score (nSPS) is 13.9. The third kappa shape index (κ3) is 2.94. The van der Waals surface area contributed by atoms with Crippen LogP contribution in [0.25, 0.3) is 0 Å². The van der Waals surface area contributed by atoms with Crippen LogP contribution in [0.5, 0.6) is 11.5 Å². The van der Waals surface area contributed by atoms with Gasteiger partial charge in [0.1, 0.15) is 0 Å². The van der Waals surface area contributed by atoms with E-state index in [1.807, 2.05) is 12.1 Å². The first-order valence-corrected chi connectivity index (χ1v) is 5.74. The Morgan fingerprint density at radius 1 is 1.29 bits per heavy atom. The van der Waals surface area contributed by atoms with E-state index in [1.54, 1.807) is 0 Å². The molecule has 1 aliphatic heterocycles. The van der Waals surface area contributed by atoms with Crippen LogP contribution in [0.1, 0.15) is 12.0 Å². The molecule has 6 heteroatoms. The Kier molecular flexibility index (Phi) is 3.58. The van der Waals surface area contributed by atoms with E-state index in [-0.39, 0.29) is 5.96 Å². The van der Waals surface area contributed by atoms with Crippen molar-refractivity contribution in [2.24, 2.45) is 11.5 Å². The summed E-state index contributed by atoms with van der Waals surface area (Å²) in [6.07, 6.45) is 0.849. The van der Waals surface area contributed by atoms with Crippen LogP contribution in [0.15, 0.2) is 12.1 Å². The van der Waals surface area contributed by atoms with Gasteiger partial charge >= 0.3 is 5.96 Å². The van der Waals surface area contributed by atoms with E-state index in [4.69, 9.17) is 32.5 Å². The highest BCUT2D eigenvalue weighted by molar-refractivity contribution is 6.32. The van der Waals surface area contributed by atoms with Crippen LogP contribution in [0.4, 0.5) is 0 Å². The smallest absolute Gasteiger partial charge is 0.339 e. The highest BCUT2D eigenvalue weighted by atomic mass is 35.5. The van der Waals surface area contributed by atoms with Gasteiger partial charge in [0.2, 0.25) is 0 Å². The van der Waals surface area contributed by atoms with Gasteiger partial charge in [-0.25, -0.2) is 0 Å². The van der Waals surface area contributed by atoms with E-state index < -0.39 is 0 Å². The molecule has 2 rings (SSSR count). The lowest BCUT2D eigenvalue weighted by molar-refractivity contribution is -0.477. The van der Waals surface area contributed by atoms with Gasteiger partial charge < -0.3 is 9.47 Å². The fourth-order valence-electron chi connectivity index (χ4n) is 1.59. The van der Waals surface area contributed by atoms with E-state index in [2.05, 4.69) is 4.99 Å². The van der Waals surface area contributed by atoms with Gasteiger partial charge in [0.25, 0.3) is 0 Å².